The first-order chi connectivity index (χ1) is 36.2. The first-order valence-electron chi connectivity index (χ1n) is 25.5. The third-order valence-electron chi connectivity index (χ3n) is 14.6. The van der Waals surface area contributed by atoms with E-state index in [2.05, 4.69) is 30.1 Å². The van der Waals surface area contributed by atoms with Crippen LogP contribution in [0.2, 0.25) is 0 Å². The number of aryl methyl sites for hydroxylation is 2. The second kappa shape index (κ2) is 22.7. The second-order valence-electron chi connectivity index (χ2n) is 21.0. The highest BCUT2D eigenvalue weighted by Crippen LogP contribution is 2.33. The molecule has 0 saturated carbocycles. The minimum Gasteiger partial charge on any atom is -0.391 e. The maximum Gasteiger partial charge on any atom is 0.301 e. The van der Waals surface area contributed by atoms with Crippen LogP contribution in [-0.2, 0) is 37.4 Å². The van der Waals surface area contributed by atoms with Gasteiger partial charge in [0.05, 0.1) is 46.0 Å². The first-order valence-corrected chi connectivity index (χ1v) is 27.8. The molecule has 3 aromatic carbocycles. The molecule has 3 aliphatic heterocycles. The fraction of sp³-hybridized carbons (Fsp3) is 0.418. The van der Waals surface area contributed by atoms with Crippen molar-refractivity contribution in [3.05, 3.63) is 124 Å². The lowest BCUT2D eigenvalue weighted by atomic mass is 9.85. The lowest BCUT2D eigenvalue weighted by Crippen LogP contribution is -2.58. The molecular formula is C55H62F3N9O7S2. The number of anilines is 1. The van der Waals surface area contributed by atoms with Crippen molar-refractivity contribution in [1.29, 1.82) is 0 Å². The molecule has 6 heterocycles. The van der Waals surface area contributed by atoms with E-state index >= 15 is 8.78 Å². The molecule has 0 radical (unpaired) electrons. The molecule has 2 amide bonds. The molecule has 0 bridgehead atoms. The predicted molar refractivity (Wildman–Crippen MR) is 285 cm³/mol. The summed E-state index contributed by atoms with van der Waals surface area (Å²) < 4.78 is 73.2. The summed E-state index contributed by atoms with van der Waals surface area (Å²) in [6, 6.07) is 17.6. The number of fused-ring (bicyclic) bond motifs is 1. The number of aromatic nitrogens is 3. The number of β-amino-alcohol motifs (C(OH)–C–C–N with tert-alkyl or cyclic N) is 1. The number of pyridine rings is 1. The van der Waals surface area contributed by atoms with Crippen molar-refractivity contribution in [2.75, 3.05) is 63.6 Å². The number of likely N-dealkylation sites (tertiary alicyclic amines) is 1. The fourth-order valence-corrected chi connectivity index (χ4v) is 12.3. The molecule has 0 aliphatic carbocycles. The van der Waals surface area contributed by atoms with Gasteiger partial charge in [-0.2, -0.15) is 12.7 Å². The van der Waals surface area contributed by atoms with Gasteiger partial charge in [0.2, 0.25) is 17.6 Å². The van der Waals surface area contributed by atoms with Crippen LogP contribution in [0.25, 0.3) is 32.6 Å². The Balaban J connectivity index is 0.752. The largest absolute Gasteiger partial charge is 0.391 e. The Hall–Kier alpha value is -6.36. The molecule has 3 aliphatic rings. The van der Waals surface area contributed by atoms with E-state index in [1.807, 2.05) is 86.5 Å². The number of aliphatic hydroxyl groups is 1. The molecule has 4 N–H and O–H groups in total. The number of carbonyl (C=O) groups is 4. The summed E-state index contributed by atoms with van der Waals surface area (Å²) in [4.78, 5) is 73.9. The number of hydrogen-bond donors (Lipinski definition) is 4. The van der Waals surface area contributed by atoms with Crippen molar-refractivity contribution < 1.29 is 45.9 Å². The van der Waals surface area contributed by atoms with Crippen molar-refractivity contribution in [2.45, 2.75) is 84.2 Å². The molecule has 3 aromatic heterocycles. The zero-order valence-corrected chi connectivity index (χ0v) is 44.5. The Morgan fingerprint density at radius 2 is 1.57 bits per heavy atom. The quantitative estimate of drug-likeness (QED) is 0.0666. The Morgan fingerprint density at radius 1 is 0.882 bits per heavy atom. The molecule has 6 aromatic rings. The number of amides is 2. The van der Waals surface area contributed by atoms with E-state index in [0.717, 1.165) is 75.3 Å². The fourth-order valence-electron chi connectivity index (χ4n) is 10.2. The van der Waals surface area contributed by atoms with Crippen molar-refractivity contribution in [1.82, 2.24) is 39.3 Å². The molecule has 0 unspecified atom stereocenters. The molecule has 0 spiro atoms. The van der Waals surface area contributed by atoms with Crippen LogP contribution >= 0.6 is 11.3 Å². The van der Waals surface area contributed by atoms with Crippen molar-refractivity contribution in [3.63, 3.8) is 0 Å². The van der Waals surface area contributed by atoms with Crippen LogP contribution in [0.5, 0.6) is 0 Å². The van der Waals surface area contributed by atoms with Crippen molar-refractivity contribution in [2.24, 2.45) is 5.41 Å². The molecule has 3 fully saturated rings. The zero-order chi connectivity index (χ0) is 54.1. The van der Waals surface area contributed by atoms with E-state index in [-0.39, 0.29) is 62.1 Å². The van der Waals surface area contributed by atoms with E-state index in [1.54, 1.807) is 23.6 Å². The maximum atomic E-state index is 15.8. The average molecular weight is 1080 g/mol. The molecule has 16 nitrogen and oxygen atoms in total. The summed E-state index contributed by atoms with van der Waals surface area (Å²) >= 11 is 1.58. The lowest BCUT2D eigenvalue weighted by Gasteiger charge is -2.37. The SMILES string of the molecule is Cc1ncsc1-c1ccc(CCC(=O)[C@@H]2C[C@@H](O)CN2C(=O)[C@@H](NC(=O)CN2CCN(CCc3ccc(-c4cnc5[nH]cc(C(=O)c6c(F)ccc(NS(=O)(=O)N7CC[C@@H](F)C7)c6F)c5c4)cc3)CC2)C(C)(C)C)cc1. The number of H-pyrrole nitrogens is 1. The third kappa shape index (κ3) is 12.2. The van der Waals surface area contributed by atoms with Crippen LogP contribution in [0.4, 0.5) is 18.9 Å². The number of rotatable bonds is 18. The Labute approximate surface area is 443 Å². The van der Waals surface area contributed by atoms with Gasteiger partial charge in [-0.05, 0) is 72.1 Å². The Morgan fingerprint density at radius 3 is 2.22 bits per heavy atom. The number of piperazine rings is 1. The van der Waals surface area contributed by atoms with Gasteiger partial charge in [-0.3, -0.25) is 28.8 Å². The van der Waals surface area contributed by atoms with E-state index in [9.17, 15) is 37.1 Å². The molecular weight excluding hydrogens is 1020 g/mol. The van der Waals surface area contributed by atoms with Gasteiger partial charge >= 0.3 is 10.2 Å². The summed E-state index contributed by atoms with van der Waals surface area (Å²) in [5.74, 6) is -4.40. The van der Waals surface area contributed by atoms with Gasteiger partial charge in [-0.15, -0.1) is 11.3 Å². The number of nitrogens with one attached hydrogen (secondary N) is 3. The average Bonchev–Trinajstić information content (AvgIpc) is 4.22. The monoisotopic (exact) mass is 1080 g/mol. The standard InChI is InChI=1S/C55H62F3N9O7S2/c1-33-51(75-32-61-33)37-12-7-34(8-13-37)9-16-46(69)45-26-40(68)30-67(45)54(72)52(55(2,3)4)62-47(70)31-65-23-21-64(22-24-65)19-17-35-5-10-36(11-6-35)38-25-41-42(28-60-53(41)59-27-38)50(71)48-43(57)14-15-44(49(48)58)63-76(73,74)66-20-18-39(56)29-66/h5-8,10-15,25,27-28,32,39-40,45,52,63,68H,9,16-24,26,29-31H2,1-4H3,(H,59,60)(H,62,70)/t39-,40-,45+,52-/m1/s1. The molecule has 3 saturated heterocycles. The summed E-state index contributed by atoms with van der Waals surface area (Å²) in [7, 11) is -4.38. The predicted octanol–water partition coefficient (Wildman–Crippen LogP) is 6.73. The molecule has 402 valence electrons. The van der Waals surface area contributed by atoms with Crippen LogP contribution in [0.15, 0.2) is 84.6 Å². The van der Waals surface area contributed by atoms with Crippen LogP contribution in [-0.4, -0.2) is 154 Å². The van der Waals surface area contributed by atoms with Crippen molar-refractivity contribution in [3.8, 4) is 21.6 Å². The number of benzene rings is 3. The summed E-state index contributed by atoms with van der Waals surface area (Å²) in [6.07, 6.45) is 2.31. The Kier molecular flexibility index (Phi) is 16.3. The van der Waals surface area contributed by atoms with Gasteiger partial charge in [0.15, 0.2) is 11.6 Å². The summed E-state index contributed by atoms with van der Waals surface area (Å²) in [5, 5.41) is 14.0. The zero-order valence-electron chi connectivity index (χ0n) is 42.8. The normalized spacial score (nSPS) is 19.3. The van der Waals surface area contributed by atoms with Gasteiger partial charge in [-0.25, -0.2) is 23.1 Å². The highest BCUT2D eigenvalue weighted by atomic mass is 32.2. The number of thiazole rings is 1. The minimum absolute atomic E-state index is 0.00902. The highest BCUT2D eigenvalue weighted by molar-refractivity contribution is 7.90. The highest BCUT2D eigenvalue weighted by Gasteiger charge is 2.44. The summed E-state index contributed by atoms with van der Waals surface area (Å²) in [6.45, 7) is 10.7. The second-order valence-corrected chi connectivity index (χ2v) is 23.6. The molecule has 76 heavy (non-hydrogen) atoms. The van der Waals surface area contributed by atoms with Crippen LogP contribution in [0, 0.1) is 24.0 Å². The molecule has 4 atom stereocenters. The van der Waals surface area contributed by atoms with Gasteiger partial charge in [0.25, 0.3) is 0 Å². The van der Waals surface area contributed by atoms with Crippen LogP contribution in [0.3, 0.4) is 0 Å². The van der Waals surface area contributed by atoms with Gasteiger partial charge in [-0.1, -0.05) is 69.3 Å². The number of aliphatic hydroxyl groups excluding tert-OH is 1. The minimum atomic E-state index is -4.38. The smallest absolute Gasteiger partial charge is 0.301 e. The number of aromatic amines is 1. The van der Waals surface area contributed by atoms with Gasteiger partial charge in [0, 0.05) is 94.1 Å². The summed E-state index contributed by atoms with van der Waals surface area (Å²) in [5.41, 5.74) is 5.31. The van der Waals surface area contributed by atoms with Crippen LogP contribution < -0.4 is 10.0 Å². The van der Waals surface area contributed by atoms with E-state index in [1.165, 1.54) is 11.1 Å². The number of carbonyl (C=O) groups excluding carboxylic acids is 4. The molecule has 21 heteroatoms. The number of ketones is 2. The van der Waals surface area contributed by atoms with E-state index < -0.39 is 75.2 Å². The number of alkyl halides is 1. The number of Topliss-reactive ketones (excluding diaryl/α,β-unsaturated/α-hetero) is 1. The third-order valence-corrected chi connectivity index (χ3v) is 17.0. The van der Waals surface area contributed by atoms with E-state index in [4.69, 9.17) is 0 Å². The van der Waals surface area contributed by atoms with Gasteiger partial charge < -0.3 is 25.2 Å². The lowest BCUT2D eigenvalue weighted by molar-refractivity contribution is -0.143. The van der Waals surface area contributed by atoms with Crippen molar-refractivity contribution >= 4 is 61.6 Å². The maximum absolute atomic E-state index is 15.8. The first kappa shape index (κ1) is 54.4. The topological polar surface area (TPSA) is 201 Å². The molecule has 9 rings (SSSR count). The Bertz CT molecular complexity index is 3230. The number of nitrogens with zero attached hydrogens (tertiary/aromatic N) is 6. The van der Waals surface area contributed by atoms with Crippen LogP contribution in [0.1, 0.15) is 72.8 Å². The number of halogens is 3. The van der Waals surface area contributed by atoms with E-state index in [0.29, 0.717) is 36.1 Å². The number of hydrogen-bond acceptors (Lipinski definition) is 12. The van der Waals surface area contributed by atoms with Gasteiger partial charge in [0.1, 0.15) is 23.7 Å².